The molecule has 0 radical (unpaired) electrons. The number of hydrogen-bond donors (Lipinski definition) is 1. The number of benzene rings is 1. The van der Waals surface area contributed by atoms with Crippen molar-refractivity contribution in [3.8, 4) is 0 Å². The summed E-state index contributed by atoms with van der Waals surface area (Å²) in [6, 6.07) is 9.53. The molecule has 30 heavy (non-hydrogen) atoms. The summed E-state index contributed by atoms with van der Waals surface area (Å²) in [4.78, 5) is 26.4. The highest BCUT2D eigenvalue weighted by Crippen LogP contribution is 2.38. The van der Waals surface area contributed by atoms with Gasteiger partial charge in [0, 0.05) is 16.1 Å². The Morgan fingerprint density at radius 1 is 1.17 bits per heavy atom. The predicted octanol–water partition coefficient (Wildman–Crippen LogP) is 4.53. The van der Waals surface area contributed by atoms with Crippen LogP contribution in [0.4, 0.5) is 5.00 Å². The maximum absolute atomic E-state index is 12.8. The Balaban J connectivity index is 1.52. The van der Waals surface area contributed by atoms with E-state index in [1.165, 1.54) is 23.3 Å². The normalized spacial score (nSPS) is 13.0. The van der Waals surface area contributed by atoms with Gasteiger partial charge in [0.15, 0.2) is 0 Å². The molecule has 0 saturated carbocycles. The van der Waals surface area contributed by atoms with E-state index in [0.29, 0.717) is 22.7 Å². The molecule has 0 aliphatic heterocycles. The van der Waals surface area contributed by atoms with Crippen LogP contribution in [-0.4, -0.2) is 28.8 Å². The average Bonchev–Trinajstić information content (AvgIpc) is 3.26. The zero-order valence-electron chi connectivity index (χ0n) is 17.4. The highest BCUT2D eigenvalue weighted by atomic mass is 32.1. The van der Waals surface area contributed by atoms with E-state index in [1.54, 1.807) is 0 Å². The summed E-state index contributed by atoms with van der Waals surface area (Å²) in [6.07, 6.45) is 3.96. The number of methoxy groups -OCH3 is 1. The van der Waals surface area contributed by atoms with E-state index in [-0.39, 0.29) is 11.9 Å². The molecule has 1 amide bonds. The SMILES string of the molecule is COC(=O)c1c(NC(=O)c2ccc(Cn3nc(C)cc3C)cc2)sc2c1CCCC2. The highest BCUT2D eigenvalue weighted by Gasteiger charge is 2.27. The number of aryl methyl sites for hydroxylation is 3. The van der Waals surface area contributed by atoms with Gasteiger partial charge in [-0.2, -0.15) is 5.10 Å². The second-order valence-electron chi connectivity index (χ2n) is 7.64. The molecule has 7 heteroatoms. The van der Waals surface area contributed by atoms with E-state index in [1.807, 2.05) is 48.9 Å². The van der Waals surface area contributed by atoms with E-state index in [4.69, 9.17) is 4.74 Å². The molecule has 156 valence electrons. The van der Waals surface area contributed by atoms with Gasteiger partial charge in [0.2, 0.25) is 0 Å². The lowest BCUT2D eigenvalue weighted by Crippen LogP contribution is -2.15. The highest BCUT2D eigenvalue weighted by molar-refractivity contribution is 7.17. The minimum Gasteiger partial charge on any atom is -0.465 e. The molecule has 0 atom stereocenters. The molecular weight excluding hydrogens is 398 g/mol. The van der Waals surface area contributed by atoms with Crippen LogP contribution in [0, 0.1) is 13.8 Å². The van der Waals surface area contributed by atoms with Gasteiger partial charge < -0.3 is 10.1 Å². The van der Waals surface area contributed by atoms with E-state index in [2.05, 4.69) is 10.4 Å². The van der Waals surface area contributed by atoms with Crippen molar-refractivity contribution in [3.05, 3.63) is 68.9 Å². The van der Waals surface area contributed by atoms with E-state index in [9.17, 15) is 9.59 Å². The number of hydrogen-bond acceptors (Lipinski definition) is 5. The Morgan fingerprint density at radius 3 is 2.57 bits per heavy atom. The Labute approximate surface area is 179 Å². The zero-order chi connectivity index (χ0) is 21.3. The monoisotopic (exact) mass is 423 g/mol. The number of fused-ring (bicyclic) bond motifs is 1. The van der Waals surface area contributed by atoms with Crippen LogP contribution in [0.2, 0.25) is 0 Å². The van der Waals surface area contributed by atoms with Crippen molar-refractivity contribution in [3.63, 3.8) is 0 Å². The molecule has 2 aromatic heterocycles. The summed E-state index contributed by atoms with van der Waals surface area (Å²) in [6.45, 7) is 4.66. The van der Waals surface area contributed by atoms with E-state index in [0.717, 1.165) is 48.2 Å². The molecular formula is C23H25N3O3S. The predicted molar refractivity (Wildman–Crippen MR) is 117 cm³/mol. The largest absolute Gasteiger partial charge is 0.465 e. The number of ether oxygens (including phenoxy) is 1. The maximum atomic E-state index is 12.8. The van der Waals surface area contributed by atoms with Crippen molar-refractivity contribution in [2.24, 2.45) is 0 Å². The third-order valence-electron chi connectivity index (χ3n) is 5.44. The first-order chi connectivity index (χ1) is 14.5. The lowest BCUT2D eigenvalue weighted by atomic mass is 9.95. The molecule has 0 unspecified atom stereocenters. The summed E-state index contributed by atoms with van der Waals surface area (Å²) < 4.78 is 6.93. The fraction of sp³-hybridized carbons (Fsp3) is 0.348. The van der Waals surface area contributed by atoms with Crippen molar-refractivity contribution in [2.75, 3.05) is 12.4 Å². The van der Waals surface area contributed by atoms with Gasteiger partial charge in [-0.25, -0.2) is 4.79 Å². The average molecular weight is 424 g/mol. The number of nitrogens with one attached hydrogen (secondary N) is 1. The van der Waals surface area contributed by atoms with Crippen LogP contribution in [0.5, 0.6) is 0 Å². The molecule has 6 nitrogen and oxygen atoms in total. The molecule has 3 aromatic rings. The lowest BCUT2D eigenvalue weighted by Gasteiger charge is -2.11. The molecule has 0 fully saturated rings. The van der Waals surface area contributed by atoms with Crippen LogP contribution in [0.3, 0.4) is 0 Å². The van der Waals surface area contributed by atoms with Gasteiger partial charge in [-0.3, -0.25) is 9.48 Å². The lowest BCUT2D eigenvalue weighted by molar-refractivity contribution is 0.0601. The Kier molecular flexibility index (Phi) is 5.72. The first kappa shape index (κ1) is 20.3. The fourth-order valence-corrected chi connectivity index (χ4v) is 5.19. The van der Waals surface area contributed by atoms with Gasteiger partial charge >= 0.3 is 5.97 Å². The van der Waals surface area contributed by atoms with Crippen LogP contribution < -0.4 is 5.32 Å². The number of thiophene rings is 1. The quantitative estimate of drug-likeness (QED) is 0.612. The Morgan fingerprint density at radius 2 is 1.90 bits per heavy atom. The number of carbonyl (C=O) groups excluding carboxylic acids is 2. The van der Waals surface area contributed by atoms with Crippen LogP contribution in [0.25, 0.3) is 0 Å². The van der Waals surface area contributed by atoms with Crippen molar-refractivity contribution in [1.29, 1.82) is 0 Å². The zero-order valence-corrected chi connectivity index (χ0v) is 18.3. The van der Waals surface area contributed by atoms with Crippen molar-refractivity contribution >= 4 is 28.2 Å². The minimum absolute atomic E-state index is 0.226. The standard InChI is InChI=1S/C23H25N3O3S/c1-14-12-15(2)26(25-14)13-16-8-10-17(11-9-16)21(27)24-22-20(23(28)29-3)18-6-4-5-7-19(18)30-22/h8-12H,4-7,13H2,1-3H3,(H,24,27). The summed E-state index contributed by atoms with van der Waals surface area (Å²) in [5.41, 5.74) is 5.27. The first-order valence-electron chi connectivity index (χ1n) is 10.1. The molecule has 0 saturated heterocycles. The smallest absolute Gasteiger partial charge is 0.341 e. The number of rotatable bonds is 5. The van der Waals surface area contributed by atoms with Gasteiger partial charge in [0.05, 0.1) is 24.9 Å². The maximum Gasteiger partial charge on any atom is 0.341 e. The number of carbonyl (C=O) groups is 2. The Bertz CT molecular complexity index is 1100. The summed E-state index contributed by atoms with van der Waals surface area (Å²) in [7, 11) is 1.38. The molecule has 0 spiro atoms. The molecule has 0 bridgehead atoms. The van der Waals surface area contributed by atoms with Crippen molar-refractivity contribution < 1.29 is 14.3 Å². The van der Waals surface area contributed by atoms with Crippen LogP contribution >= 0.6 is 11.3 Å². The summed E-state index contributed by atoms with van der Waals surface area (Å²) >= 11 is 1.49. The van der Waals surface area contributed by atoms with Gasteiger partial charge in [-0.05, 0) is 68.9 Å². The summed E-state index contributed by atoms with van der Waals surface area (Å²) in [5, 5.41) is 8.01. The first-order valence-corrected chi connectivity index (χ1v) is 10.9. The number of aromatic nitrogens is 2. The third-order valence-corrected chi connectivity index (χ3v) is 6.65. The van der Waals surface area contributed by atoms with Gasteiger partial charge in [-0.1, -0.05) is 12.1 Å². The topological polar surface area (TPSA) is 73.2 Å². The Hall–Kier alpha value is -2.93. The van der Waals surface area contributed by atoms with Gasteiger partial charge in [0.1, 0.15) is 5.00 Å². The molecule has 1 aliphatic carbocycles. The second-order valence-corrected chi connectivity index (χ2v) is 8.75. The van der Waals surface area contributed by atoms with E-state index < -0.39 is 0 Å². The van der Waals surface area contributed by atoms with Crippen LogP contribution in [0.1, 0.15) is 60.9 Å². The number of anilines is 1. The summed E-state index contributed by atoms with van der Waals surface area (Å²) in [5.74, 6) is -0.610. The third kappa shape index (κ3) is 4.03. The molecule has 1 aromatic carbocycles. The van der Waals surface area contributed by atoms with Crippen LogP contribution in [0.15, 0.2) is 30.3 Å². The van der Waals surface area contributed by atoms with Gasteiger partial charge in [-0.15, -0.1) is 11.3 Å². The number of nitrogens with zero attached hydrogens (tertiary/aromatic N) is 2. The minimum atomic E-state index is -0.384. The second kappa shape index (κ2) is 8.44. The molecule has 2 heterocycles. The van der Waals surface area contributed by atoms with Crippen molar-refractivity contribution in [2.45, 2.75) is 46.1 Å². The van der Waals surface area contributed by atoms with Crippen LogP contribution in [-0.2, 0) is 24.1 Å². The van der Waals surface area contributed by atoms with Crippen molar-refractivity contribution in [1.82, 2.24) is 9.78 Å². The number of esters is 1. The fourth-order valence-electron chi connectivity index (χ4n) is 3.92. The molecule has 1 aliphatic rings. The van der Waals surface area contributed by atoms with Gasteiger partial charge in [0.25, 0.3) is 5.91 Å². The number of amides is 1. The molecule has 4 rings (SSSR count). The van der Waals surface area contributed by atoms with E-state index >= 15 is 0 Å². The molecule has 1 N–H and O–H groups in total.